The lowest BCUT2D eigenvalue weighted by atomic mass is 9.98. The Morgan fingerprint density at radius 1 is 1.21 bits per heavy atom. The Morgan fingerprint density at radius 2 is 1.93 bits per heavy atom. The van der Waals surface area contributed by atoms with Crippen LogP contribution in [0.2, 0.25) is 0 Å². The highest BCUT2D eigenvalue weighted by Gasteiger charge is 2.25. The van der Waals surface area contributed by atoms with Crippen molar-refractivity contribution < 1.29 is 17.9 Å². The second kappa shape index (κ2) is 9.23. The number of para-hydroxylation sites is 2. The van der Waals surface area contributed by atoms with Gasteiger partial charge in [-0.1, -0.05) is 12.1 Å². The number of pyridine rings is 1. The van der Waals surface area contributed by atoms with Crippen molar-refractivity contribution in [1.29, 1.82) is 0 Å². The molecule has 2 N–H and O–H groups in total. The summed E-state index contributed by atoms with van der Waals surface area (Å²) in [4.78, 5) is 17.0. The van der Waals surface area contributed by atoms with Crippen LogP contribution in [0.5, 0.6) is 5.75 Å². The molecule has 9 heteroatoms. The minimum absolute atomic E-state index is 0.221. The zero-order valence-corrected chi connectivity index (χ0v) is 17.4. The van der Waals surface area contributed by atoms with Crippen LogP contribution in [-0.2, 0) is 10.0 Å². The molecule has 1 aliphatic rings. The Morgan fingerprint density at radius 3 is 2.62 bits per heavy atom. The molecule has 0 saturated carbocycles. The summed E-state index contributed by atoms with van der Waals surface area (Å²) in [6.07, 6.45) is 4.31. The number of methoxy groups -OCH3 is 1. The first-order valence-corrected chi connectivity index (χ1v) is 11.3. The zero-order valence-electron chi connectivity index (χ0n) is 16.6. The topological polar surface area (TPSA) is 101 Å². The van der Waals surface area contributed by atoms with Gasteiger partial charge in [0, 0.05) is 25.8 Å². The largest absolute Gasteiger partial charge is 0.495 e. The standard InChI is InChI=1S/C20H26N4O4S/c1-28-18-8-4-3-7-17(18)23-19-16(6-5-11-21-19)20(25)22-14-15-9-12-24(13-10-15)29(2,26)27/h3-8,11,15H,9-10,12-14H2,1-2H3,(H,21,23)(H,22,25). The Hall–Kier alpha value is -2.65. The molecule has 0 aliphatic carbocycles. The van der Waals surface area contributed by atoms with Crippen molar-refractivity contribution in [1.82, 2.24) is 14.6 Å². The number of nitrogens with one attached hydrogen (secondary N) is 2. The van der Waals surface area contributed by atoms with Gasteiger partial charge in [0.2, 0.25) is 10.0 Å². The summed E-state index contributed by atoms with van der Waals surface area (Å²) in [5.41, 5.74) is 1.16. The summed E-state index contributed by atoms with van der Waals surface area (Å²) in [6, 6.07) is 10.8. The van der Waals surface area contributed by atoms with E-state index >= 15 is 0 Å². The van der Waals surface area contributed by atoms with Gasteiger partial charge in [0.1, 0.15) is 11.6 Å². The fourth-order valence-electron chi connectivity index (χ4n) is 3.34. The van der Waals surface area contributed by atoms with Gasteiger partial charge in [0.05, 0.1) is 24.6 Å². The van der Waals surface area contributed by atoms with E-state index in [9.17, 15) is 13.2 Å². The lowest BCUT2D eigenvalue weighted by molar-refractivity contribution is 0.0942. The van der Waals surface area contributed by atoms with Gasteiger partial charge in [-0.15, -0.1) is 0 Å². The summed E-state index contributed by atoms with van der Waals surface area (Å²) in [5, 5.41) is 6.12. The lowest BCUT2D eigenvalue weighted by Crippen LogP contribution is -2.41. The van der Waals surface area contributed by atoms with Crippen LogP contribution in [0.4, 0.5) is 11.5 Å². The highest BCUT2D eigenvalue weighted by molar-refractivity contribution is 7.88. The van der Waals surface area contributed by atoms with Crippen LogP contribution in [-0.4, -0.2) is 56.6 Å². The number of aromatic nitrogens is 1. The van der Waals surface area contributed by atoms with E-state index in [0.29, 0.717) is 36.8 Å². The van der Waals surface area contributed by atoms with Gasteiger partial charge in [0.25, 0.3) is 5.91 Å². The van der Waals surface area contributed by atoms with Crippen molar-refractivity contribution >= 4 is 27.4 Å². The molecular weight excluding hydrogens is 392 g/mol. The van der Waals surface area contributed by atoms with E-state index < -0.39 is 10.0 Å². The summed E-state index contributed by atoms with van der Waals surface area (Å²) in [7, 11) is -1.56. The first kappa shape index (κ1) is 21.1. The predicted octanol–water partition coefficient (Wildman–Crippen LogP) is 2.24. The van der Waals surface area contributed by atoms with E-state index in [1.165, 1.54) is 10.6 Å². The van der Waals surface area contributed by atoms with Crippen LogP contribution in [0, 0.1) is 5.92 Å². The number of benzene rings is 1. The molecule has 2 aromatic rings. The fraction of sp³-hybridized carbons (Fsp3) is 0.400. The maximum Gasteiger partial charge on any atom is 0.255 e. The van der Waals surface area contributed by atoms with Crippen molar-refractivity contribution in [2.45, 2.75) is 12.8 Å². The average Bonchev–Trinajstić information content (AvgIpc) is 2.72. The van der Waals surface area contributed by atoms with Crippen LogP contribution in [0.3, 0.4) is 0 Å². The quantitative estimate of drug-likeness (QED) is 0.715. The van der Waals surface area contributed by atoms with Gasteiger partial charge in [-0.05, 0) is 43.0 Å². The third-order valence-corrected chi connectivity index (χ3v) is 6.31. The first-order chi connectivity index (χ1) is 13.9. The SMILES string of the molecule is COc1ccccc1Nc1ncccc1C(=O)NCC1CCN(S(C)(=O)=O)CC1. The van der Waals surface area contributed by atoms with E-state index in [-0.39, 0.29) is 11.8 Å². The number of hydrogen-bond acceptors (Lipinski definition) is 6. The van der Waals surface area contributed by atoms with E-state index in [2.05, 4.69) is 15.6 Å². The number of ether oxygens (including phenoxy) is 1. The van der Waals surface area contributed by atoms with Gasteiger partial charge in [-0.3, -0.25) is 4.79 Å². The Bertz CT molecular complexity index is 956. The molecule has 156 valence electrons. The minimum Gasteiger partial charge on any atom is -0.495 e. The number of anilines is 2. The summed E-state index contributed by atoms with van der Waals surface area (Å²) >= 11 is 0. The third-order valence-electron chi connectivity index (χ3n) is 5.01. The van der Waals surface area contributed by atoms with Crippen LogP contribution >= 0.6 is 0 Å². The molecular formula is C20H26N4O4S. The highest BCUT2D eigenvalue weighted by Crippen LogP contribution is 2.27. The molecule has 0 bridgehead atoms. The number of nitrogens with zero attached hydrogens (tertiary/aromatic N) is 2. The average molecular weight is 419 g/mol. The molecule has 3 rings (SSSR count). The third kappa shape index (κ3) is 5.45. The number of carbonyl (C=O) groups excluding carboxylic acids is 1. The number of sulfonamides is 1. The Labute approximate surface area is 171 Å². The molecule has 0 atom stereocenters. The molecule has 1 fully saturated rings. The van der Waals surface area contributed by atoms with Crippen LogP contribution in [0.1, 0.15) is 23.2 Å². The smallest absolute Gasteiger partial charge is 0.255 e. The van der Waals surface area contributed by atoms with Crippen LogP contribution < -0.4 is 15.4 Å². The molecule has 1 saturated heterocycles. The lowest BCUT2D eigenvalue weighted by Gasteiger charge is -2.30. The predicted molar refractivity (Wildman–Crippen MR) is 112 cm³/mol. The summed E-state index contributed by atoms with van der Waals surface area (Å²) in [6.45, 7) is 1.49. The van der Waals surface area contributed by atoms with Gasteiger partial charge >= 0.3 is 0 Å². The summed E-state index contributed by atoms with van der Waals surface area (Å²) in [5.74, 6) is 1.13. The molecule has 0 unspecified atom stereocenters. The van der Waals surface area contributed by atoms with E-state index in [4.69, 9.17) is 4.74 Å². The maximum absolute atomic E-state index is 12.7. The molecule has 29 heavy (non-hydrogen) atoms. The Balaban J connectivity index is 1.62. The molecule has 8 nitrogen and oxygen atoms in total. The van der Waals surface area contributed by atoms with Gasteiger partial charge in [0.15, 0.2) is 0 Å². The Kier molecular flexibility index (Phi) is 6.71. The van der Waals surface area contributed by atoms with Crippen molar-refractivity contribution in [2.75, 3.05) is 38.3 Å². The second-order valence-electron chi connectivity index (χ2n) is 7.04. The van der Waals surface area contributed by atoms with Crippen LogP contribution in [0.15, 0.2) is 42.6 Å². The van der Waals surface area contributed by atoms with Crippen molar-refractivity contribution in [3.63, 3.8) is 0 Å². The number of piperidine rings is 1. The first-order valence-electron chi connectivity index (χ1n) is 9.47. The number of amides is 1. The van der Waals surface area contributed by atoms with Crippen molar-refractivity contribution in [2.24, 2.45) is 5.92 Å². The highest BCUT2D eigenvalue weighted by atomic mass is 32.2. The molecule has 2 heterocycles. The fourth-order valence-corrected chi connectivity index (χ4v) is 4.22. The molecule has 0 radical (unpaired) electrons. The molecule has 1 aliphatic heterocycles. The zero-order chi connectivity index (χ0) is 20.9. The van der Waals surface area contributed by atoms with Gasteiger partial charge in [-0.25, -0.2) is 17.7 Å². The van der Waals surface area contributed by atoms with Crippen molar-refractivity contribution in [3.05, 3.63) is 48.2 Å². The monoisotopic (exact) mass is 418 g/mol. The number of carbonyl (C=O) groups is 1. The number of rotatable bonds is 7. The van der Waals surface area contributed by atoms with E-state index in [0.717, 1.165) is 18.5 Å². The van der Waals surface area contributed by atoms with E-state index in [1.54, 1.807) is 25.4 Å². The molecule has 1 amide bonds. The summed E-state index contributed by atoms with van der Waals surface area (Å²) < 4.78 is 30.0. The minimum atomic E-state index is -3.15. The van der Waals surface area contributed by atoms with Gasteiger partial charge in [-0.2, -0.15) is 0 Å². The van der Waals surface area contributed by atoms with Crippen LogP contribution in [0.25, 0.3) is 0 Å². The molecule has 0 spiro atoms. The normalized spacial score (nSPS) is 15.7. The van der Waals surface area contributed by atoms with Crippen molar-refractivity contribution in [3.8, 4) is 5.75 Å². The maximum atomic E-state index is 12.7. The molecule has 1 aromatic heterocycles. The van der Waals surface area contributed by atoms with E-state index in [1.807, 2.05) is 24.3 Å². The molecule has 1 aromatic carbocycles. The number of hydrogen-bond donors (Lipinski definition) is 2. The second-order valence-corrected chi connectivity index (χ2v) is 9.02. The van der Waals surface area contributed by atoms with Gasteiger partial charge < -0.3 is 15.4 Å².